The van der Waals surface area contributed by atoms with E-state index in [2.05, 4.69) is 107 Å². The zero-order valence-electron chi connectivity index (χ0n) is 20.3. The average Bonchev–Trinajstić information content (AvgIpc) is 3.29. The van der Waals surface area contributed by atoms with E-state index in [0.29, 0.717) is 0 Å². The van der Waals surface area contributed by atoms with Crippen LogP contribution in [0.3, 0.4) is 0 Å². The van der Waals surface area contributed by atoms with Crippen LogP contribution in [0.15, 0.2) is 85.3 Å². The first-order valence-electron chi connectivity index (χ1n) is 11.6. The molecule has 0 unspecified atom stereocenters. The summed E-state index contributed by atoms with van der Waals surface area (Å²) in [6.07, 6.45) is 5.68. The molecule has 0 aliphatic rings. The first-order chi connectivity index (χ1) is 16.5. The third-order valence-corrected chi connectivity index (χ3v) is 7.17. The Labute approximate surface area is 222 Å². The maximum Gasteiger partial charge on any atom is 0.0916 e. The van der Waals surface area contributed by atoms with Crippen LogP contribution in [0.1, 0.15) is 22.5 Å². The predicted octanol–water partition coefficient (Wildman–Crippen LogP) is 7.88. The van der Waals surface area contributed by atoms with Crippen LogP contribution in [-0.2, 0) is 0 Å². The molecule has 4 nitrogen and oxygen atoms in total. The van der Waals surface area contributed by atoms with E-state index in [1.165, 1.54) is 39.0 Å². The van der Waals surface area contributed by atoms with Crippen LogP contribution in [0.2, 0.25) is 0 Å². The van der Waals surface area contributed by atoms with Gasteiger partial charge in [-0.05, 0) is 92.4 Å². The number of aryl methyl sites for hydroxylation is 2. The molecule has 0 saturated heterocycles. The van der Waals surface area contributed by atoms with E-state index in [1.807, 2.05) is 24.7 Å². The Bertz CT molecular complexity index is 1550. The number of benzene rings is 2. The molecule has 6 rings (SSSR count). The van der Waals surface area contributed by atoms with Crippen molar-refractivity contribution in [2.24, 2.45) is 0 Å². The van der Waals surface area contributed by atoms with Gasteiger partial charge in [0.15, 0.2) is 0 Å². The van der Waals surface area contributed by atoms with Gasteiger partial charge in [-0.3, -0.25) is 9.97 Å². The molecule has 0 radical (unpaired) electrons. The van der Waals surface area contributed by atoms with Gasteiger partial charge in [0.05, 0.1) is 22.7 Å². The zero-order valence-corrected chi connectivity index (χ0v) is 22.6. The second kappa shape index (κ2) is 8.96. The molecular weight excluding hydrogens is 543 g/mol. The van der Waals surface area contributed by atoms with Crippen LogP contribution in [0.25, 0.3) is 44.4 Å². The Kier molecular flexibility index (Phi) is 5.97. The van der Waals surface area contributed by atoms with E-state index >= 15 is 0 Å². The lowest BCUT2D eigenvalue weighted by molar-refractivity contribution is 1.04. The highest BCUT2D eigenvalue weighted by Gasteiger charge is 2.14. The fraction of sp³-hybridized carbons (Fsp3) is 0.133. The van der Waals surface area contributed by atoms with E-state index in [0.717, 1.165) is 27.9 Å². The molecule has 0 amide bonds. The first kappa shape index (κ1) is 23.3. The van der Waals surface area contributed by atoms with Crippen molar-refractivity contribution in [3.05, 3.63) is 108 Å². The Morgan fingerprint density at radius 2 is 1.17 bits per heavy atom. The number of rotatable bonds is 3. The number of aromatic nitrogens is 4. The lowest BCUT2D eigenvalue weighted by atomic mass is 10.0. The molecule has 0 atom stereocenters. The third-order valence-electron chi connectivity index (χ3n) is 7.17. The van der Waals surface area contributed by atoms with Gasteiger partial charge in [-0.2, -0.15) is 0 Å². The molecule has 174 valence electrons. The molecule has 0 aliphatic carbocycles. The van der Waals surface area contributed by atoms with Gasteiger partial charge in [-0.25, -0.2) is 0 Å². The van der Waals surface area contributed by atoms with E-state index in [1.54, 1.807) is 0 Å². The molecule has 0 N–H and O–H groups in total. The summed E-state index contributed by atoms with van der Waals surface area (Å²) in [7, 11) is 0. The van der Waals surface area contributed by atoms with Gasteiger partial charge in [0.25, 0.3) is 0 Å². The number of pyridine rings is 2. The Morgan fingerprint density at radius 1 is 0.600 bits per heavy atom. The fourth-order valence-electron chi connectivity index (χ4n) is 5.08. The summed E-state index contributed by atoms with van der Waals surface area (Å²) in [5, 5.41) is 1.26. The molecule has 4 aromatic heterocycles. The van der Waals surface area contributed by atoms with E-state index < -0.39 is 0 Å². The summed E-state index contributed by atoms with van der Waals surface area (Å²) in [5.74, 6) is 0. The lowest BCUT2D eigenvalue weighted by Crippen LogP contribution is -1.97. The van der Waals surface area contributed by atoms with E-state index in [4.69, 9.17) is 0 Å². The largest absolute Gasteiger partial charge is 0.312 e. The summed E-state index contributed by atoms with van der Waals surface area (Å²) in [4.78, 5) is 8.94. The van der Waals surface area contributed by atoms with Gasteiger partial charge in [0.1, 0.15) is 0 Å². The van der Waals surface area contributed by atoms with Crippen molar-refractivity contribution in [1.82, 2.24) is 19.1 Å². The van der Waals surface area contributed by atoms with Crippen molar-refractivity contribution in [3.8, 4) is 22.5 Å². The summed E-state index contributed by atoms with van der Waals surface area (Å²) >= 11 is 0. The maximum atomic E-state index is 4.59. The fourth-order valence-corrected chi connectivity index (χ4v) is 5.08. The first-order valence-corrected chi connectivity index (χ1v) is 11.6. The average molecular weight is 570 g/mol. The van der Waals surface area contributed by atoms with Gasteiger partial charge in [-0.1, -0.05) is 24.3 Å². The summed E-state index contributed by atoms with van der Waals surface area (Å²) in [5.41, 5.74) is 13.1. The van der Waals surface area contributed by atoms with Gasteiger partial charge in [0.2, 0.25) is 0 Å². The van der Waals surface area contributed by atoms with Crippen LogP contribution >= 0.6 is 24.0 Å². The zero-order chi connectivity index (χ0) is 23.4. The normalized spacial score (nSPS) is 11.2. The molecule has 4 heterocycles. The second-order valence-electron chi connectivity index (χ2n) is 8.95. The Hall–Kier alpha value is -3.45. The van der Waals surface area contributed by atoms with Gasteiger partial charge in [0, 0.05) is 40.5 Å². The molecule has 0 fully saturated rings. The molecule has 2 aromatic carbocycles. The summed E-state index contributed by atoms with van der Waals surface area (Å²) in [6.45, 7) is 8.65. The van der Waals surface area contributed by atoms with Crippen molar-refractivity contribution in [2.75, 3.05) is 0 Å². The van der Waals surface area contributed by atoms with Gasteiger partial charge < -0.3 is 9.13 Å². The minimum absolute atomic E-state index is 0. The number of nitrogens with zero attached hydrogens (tertiary/aromatic N) is 4. The van der Waals surface area contributed by atoms with Crippen LogP contribution < -0.4 is 0 Å². The standard InChI is InChI=1S/C30H26N4.HI/c1-19-21(3)34(29-18-31-17-15-27(19)29)26-13-9-24(10-14-26)23-7-11-25(12-8-23)33-22(4)20(2)30-28(33)6-5-16-32-30;/h5-18H,1-4H3;1H. The van der Waals surface area contributed by atoms with Crippen molar-refractivity contribution in [2.45, 2.75) is 27.7 Å². The Morgan fingerprint density at radius 3 is 1.80 bits per heavy atom. The third kappa shape index (κ3) is 3.65. The van der Waals surface area contributed by atoms with Gasteiger partial charge in [-0.15, -0.1) is 24.0 Å². The molecule has 6 aromatic rings. The Balaban J connectivity index is 0.00000253. The van der Waals surface area contributed by atoms with Crippen LogP contribution in [0, 0.1) is 27.7 Å². The lowest BCUT2D eigenvalue weighted by Gasteiger charge is -2.12. The number of hydrogen-bond donors (Lipinski definition) is 0. The molecule has 35 heavy (non-hydrogen) atoms. The minimum atomic E-state index is 0. The monoisotopic (exact) mass is 570 g/mol. The quantitative estimate of drug-likeness (QED) is 0.203. The topological polar surface area (TPSA) is 35.6 Å². The van der Waals surface area contributed by atoms with E-state index in [-0.39, 0.29) is 24.0 Å². The molecular formula is C30H27IN4. The summed E-state index contributed by atoms with van der Waals surface area (Å²) in [6, 6.07) is 23.8. The van der Waals surface area contributed by atoms with Crippen molar-refractivity contribution in [3.63, 3.8) is 0 Å². The maximum absolute atomic E-state index is 4.59. The number of fused-ring (bicyclic) bond motifs is 2. The molecule has 0 bridgehead atoms. The highest BCUT2D eigenvalue weighted by molar-refractivity contribution is 14.0. The highest BCUT2D eigenvalue weighted by Crippen LogP contribution is 2.31. The molecule has 0 spiro atoms. The van der Waals surface area contributed by atoms with Crippen molar-refractivity contribution < 1.29 is 0 Å². The van der Waals surface area contributed by atoms with Gasteiger partial charge >= 0.3 is 0 Å². The highest BCUT2D eigenvalue weighted by atomic mass is 127. The predicted molar refractivity (Wildman–Crippen MR) is 155 cm³/mol. The molecule has 0 saturated carbocycles. The smallest absolute Gasteiger partial charge is 0.0916 e. The van der Waals surface area contributed by atoms with Crippen LogP contribution in [-0.4, -0.2) is 19.1 Å². The van der Waals surface area contributed by atoms with Crippen molar-refractivity contribution >= 4 is 45.9 Å². The number of halogens is 1. The van der Waals surface area contributed by atoms with Crippen LogP contribution in [0.5, 0.6) is 0 Å². The summed E-state index contributed by atoms with van der Waals surface area (Å²) < 4.78 is 4.59. The minimum Gasteiger partial charge on any atom is -0.312 e. The van der Waals surface area contributed by atoms with Crippen LogP contribution in [0.4, 0.5) is 0 Å². The van der Waals surface area contributed by atoms with Crippen molar-refractivity contribution in [1.29, 1.82) is 0 Å². The number of hydrogen-bond acceptors (Lipinski definition) is 2. The second-order valence-corrected chi connectivity index (χ2v) is 8.95. The molecule has 0 aliphatic heterocycles. The molecule has 5 heteroatoms. The SMILES string of the molecule is Cc1c(C)n(-c2ccc(-c3ccc(-n4c(C)c(C)c5ncccc54)cc3)cc2)c2cnccc12.I. The van der Waals surface area contributed by atoms with E-state index in [9.17, 15) is 0 Å².